The summed E-state index contributed by atoms with van der Waals surface area (Å²) < 4.78 is 14.8. The molecule has 0 unspecified atom stereocenters. The Balaban J connectivity index is 1.77. The van der Waals surface area contributed by atoms with E-state index < -0.39 is 0 Å². The van der Waals surface area contributed by atoms with Crippen LogP contribution in [0.25, 0.3) is 5.69 Å². The number of aryl methyl sites for hydroxylation is 2. The van der Waals surface area contributed by atoms with E-state index in [4.69, 9.17) is 0 Å². The lowest BCUT2D eigenvalue weighted by Gasteiger charge is -2.07. The van der Waals surface area contributed by atoms with E-state index in [2.05, 4.69) is 15.5 Å². The number of benzene rings is 2. The number of carbonyl (C=O) groups excluding carboxylic acids is 1. The van der Waals surface area contributed by atoms with Gasteiger partial charge in [-0.3, -0.25) is 4.79 Å². The monoisotopic (exact) mass is 342 g/mol. The van der Waals surface area contributed by atoms with Gasteiger partial charge in [-0.05, 0) is 54.1 Å². The Bertz CT molecular complexity index is 894. The maximum Gasteiger partial charge on any atom is 0.214 e. The minimum Gasteiger partial charge on any atom is -0.293 e. The van der Waals surface area contributed by atoms with Gasteiger partial charge in [0.1, 0.15) is 5.82 Å². The first-order valence-corrected chi connectivity index (χ1v) is 8.31. The molecule has 0 radical (unpaired) electrons. The second-order valence-corrected chi connectivity index (χ2v) is 6.33. The average Bonchev–Trinajstić information content (AvgIpc) is 3.03. The van der Waals surface area contributed by atoms with Crippen LogP contribution in [0.1, 0.15) is 21.5 Å². The maximum atomic E-state index is 13.4. The smallest absolute Gasteiger partial charge is 0.214 e. The minimum absolute atomic E-state index is 0.00925. The predicted molar refractivity (Wildman–Crippen MR) is 90.1 cm³/mol. The summed E-state index contributed by atoms with van der Waals surface area (Å²) in [6.45, 7) is 3.86. The molecule has 0 spiro atoms. The van der Waals surface area contributed by atoms with Crippen LogP contribution < -0.4 is 0 Å². The van der Waals surface area contributed by atoms with Crippen molar-refractivity contribution in [2.75, 3.05) is 5.75 Å². The highest BCUT2D eigenvalue weighted by molar-refractivity contribution is 7.99. The summed E-state index contributed by atoms with van der Waals surface area (Å²) in [5.74, 6) is -0.152. The van der Waals surface area contributed by atoms with E-state index in [0.717, 1.165) is 11.1 Å². The van der Waals surface area contributed by atoms with Gasteiger partial charge in [-0.2, -0.15) is 4.68 Å². The normalized spacial score (nSPS) is 10.8. The van der Waals surface area contributed by atoms with Gasteiger partial charge in [-0.25, -0.2) is 4.39 Å². The van der Waals surface area contributed by atoms with E-state index in [-0.39, 0.29) is 17.4 Å². The lowest BCUT2D eigenvalue weighted by molar-refractivity contribution is 0.102. The van der Waals surface area contributed by atoms with Crippen molar-refractivity contribution in [3.63, 3.8) is 0 Å². The zero-order chi connectivity index (χ0) is 17.1. The average molecular weight is 342 g/mol. The molecular weight excluding hydrogens is 327 g/mol. The molecule has 0 aliphatic carbocycles. The highest BCUT2D eigenvalue weighted by Crippen LogP contribution is 2.21. The second kappa shape index (κ2) is 6.92. The molecule has 3 aromatic rings. The number of thioether (sulfide) groups is 1. The van der Waals surface area contributed by atoms with Crippen molar-refractivity contribution >= 4 is 17.5 Å². The van der Waals surface area contributed by atoms with E-state index in [9.17, 15) is 9.18 Å². The van der Waals surface area contributed by atoms with Crippen molar-refractivity contribution in [1.82, 2.24) is 20.2 Å². The van der Waals surface area contributed by atoms with Crippen LogP contribution in [0.3, 0.4) is 0 Å². The van der Waals surface area contributed by atoms with E-state index >= 15 is 0 Å². The number of hydrogen-bond acceptors (Lipinski definition) is 5. The summed E-state index contributed by atoms with van der Waals surface area (Å²) in [7, 11) is 0. The second-order valence-electron chi connectivity index (χ2n) is 5.38. The standard InChI is InChI=1S/C17H15FN4OS/c1-11-6-7-12(2)15(8-11)16(23)10-24-17-19-20-21-22(17)14-5-3-4-13(18)9-14/h3-9H,10H2,1-2H3. The van der Waals surface area contributed by atoms with Gasteiger partial charge in [0.05, 0.1) is 11.4 Å². The van der Waals surface area contributed by atoms with Crippen LogP contribution >= 0.6 is 11.8 Å². The molecular formula is C17H15FN4OS. The van der Waals surface area contributed by atoms with E-state index in [1.807, 2.05) is 32.0 Å². The third-order valence-electron chi connectivity index (χ3n) is 3.52. The summed E-state index contributed by atoms with van der Waals surface area (Å²) in [4.78, 5) is 12.5. The van der Waals surface area contributed by atoms with E-state index in [0.29, 0.717) is 16.4 Å². The predicted octanol–water partition coefficient (Wildman–Crippen LogP) is 3.39. The number of carbonyl (C=O) groups is 1. The summed E-state index contributed by atoms with van der Waals surface area (Å²) >= 11 is 1.23. The molecule has 0 fully saturated rings. The molecule has 0 N–H and O–H groups in total. The van der Waals surface area contributed by atoms with Crippen molar-refractivity contribution in [2.45, 2.75) is 19.0 Å². The fraction of sp³-hybridized carbons (Fsp3) is 0.176. The van der Waals surface area contributed by atoms with Crippen molar-refractivity contribution in [1.29, 1.82) is 0 Å². The molecule has 1 heterocycles. The molecule has 5 nitrogen and oxygen atoms in total. The van der Waals surface area contributed by atoms with Gasteiger partial charge in [-0.15, -0.1) is 5.10 Å². The third kappa shape index (κ3) is 3.51. The Labute approximate surface area is 142 Å². The van der Waals surface area contributed by atoms with Gasteiger partial charge >= 0.3 is 0 Å². The first kappa shape index (κ1) is 16.3. The van der Waals surface area contributed by atoms with Crippen molar-refractivity contribution in [2.24, 2.45) is 0 Å². The van der Waals surface area contributed by atoms with Crippen LogP contribution in [0.5, 0.6) is 0 Å². The summed E-state index contributed by atoms with van der Waals surface area (Å²) in [6, 6.07) is 11.8. The number of Topliss-reactive ketones (excluding diaryl/α,β-unsaturated/α-hetero) is 1. The molecule has 0 saturated carbocycles. The van der Waals surface area contributed by atoms with Crippen molar-refractivity contribution < 1.29 is 9.18 Å². The quantitative estimate of drug-likeness (QED) is 0.525. The van der Waals surface area contributed by atoms with Gasteiger partial charge < -0.3 is 0 Å². The fourth-order valence-corrected chi connectivity index (χ4v) is 3.06. The summed E-state index contributed by atoms with van der Waals surface area (Å²) in [5.41, 5.74) is 3.20. The molecule has 0 aliphatic rings. The Kier molecular flexibility index (Phi) is 4.71. The lowest BCUT2D eigenvalue weighted by Crippen LogP contribution is -2.07. The summed E-state index contributed by atoms with van der Waals surface area (Å²) in [6.07, 6.45) is 0. The van der Waals surface area contributed by atoms with Crippen molar-refractivity contribution in [3.05, 3.63) is 65.0 Å². The SMILES string of the molecule is Cc1ccc(C)c(C(=O)CSc2nnnn2-c2cccc(F)c2)c1. The van der Waals surface area contributed by atoms with Crippen LogP contribution in [0, 0.1) is 19.7 Å². The zero-order valence-electron chi connectivity index (χ0n) is 13.2. The first-order chi connectivity index (χ1) is 11.5. The molecule has 0 aliphatic heterocycles. The Morgan fingerprint density at radius 2 is 2.04 bits per heavy atom. The molecule has 0 saturated heterocycles. The molecule has 0 atom stereocenters. The number of tetrazole rings is 1. The zero-order valence-corrected chi connectivity index (χ0v) is 14.0. The van der Waals surface area contributed by atoms with Crippen LogP contribution in [0.15, 0.2) is 47.6 Å². The number of aromatic nitrogens is 4. The Hall–Kier alpha value is -2.54. The third-order valence-corrected chi connectivity index (χ3v) is 4.44. The van der Waals surface area contributed by atoms with Crippen LogP contribution in [-0.4, -0.2) is 31.7 Å². The van der Waals surface area contributed by atoms with Gasteiger partial charge in [-0.1, -0.05) is 35.5 Å². The molecule has 0 bridgehead atoms. The highest BCUT2D eigenvalue weighted by atomic mass is 32.2. The molecule has 122 valence electrons. The molecule has 7 heteroatoms. The Morgan fingerprint density at radius 1 is 1.21 bits per heavy atom. The largest absolute Gasteiger partial charge is 0.293 e. The van der Waals surface area contributed by atoms with Gasteiger partial charge in [0.25, 0.3) is 0 Å². The number of hydrogen-bond donors (Lipinski definition) is 0. The highest BCUT2D eigenvalue weighted by Gasteiger charge is 2.14. The van der Waals surface area contributed by atoms with Gasteiger partial charge in [0.2, 0.25) is 5.16 Å². The van der Waals surface area contributed by atoms with Crippen molar-refractivity contribution in [3.8, 4) is 5.69 Å². The molecule has 0 amide bonds. The lowest BCUT2D eigenvalue weighted by atomic mass is 10.0. The first-order valence-electron chi connectivity index (χ1n) is 7.32. The van der Waals surface area contributed by atoms with Gasteiger partial charge in [0.15, 0.2) is 5.78 Å². The molecule has 1 aromatic heterocycles. The molecule has 2 aromatic carbocycles. The van der Waals surface area contributed by atoms with Crippen LogP contribution in [0.2, 0.25) is 0 Å². The number of halogens is 1. The Morgan fingerprint density at radius 3 is 2.83 bits per heavy atom. The van der Waals surface area contributed by atoms with E-state index in [1.54, 1.807) is 12.1 Å². The summed E-state index contributed by atoms with van der Waals surface area (Å²) in [5, 5.41) is 11.8. The number of rotatable bonds is 5. The number of ketones is 1. The maximum absolute atomic E-state index is 13.4. The fourth-order valence-electron chi connectivity index (χ4n) is 2.28. The van der Waals surface area contributed by atoms with E-state index in [1.165, 1.54) is 28.6 Å². The molecule has 24 heavy (non-hydrogen) atoms. The van der Waals surface area contributed by atoms with Gasteiger partial charge in [0, 0.05) is 5.56 Å². The van der Waals surface area contributed by atoms with Crippen LogP contribution in [0.4, 0.5) is 4.39 Å². The molecule has 3 rings (SSSR count). The topological polar surface area (TPSA) is 60.7 Å². The minimum atomic E-state index is -0.370. The number of nitrogens with zero attached hydrogens (tertiary/aromatic N) is 4. The van der Waals surface area contributed by atoms with Crippen LogP contribution in [-0.2, 0) is 0 Å².